The van der Waals surface area contributed by atoms with Crippen LogP contribution in [-0.2, 0) is 0 Å². The maximum atomic E-state index is 12.8. The number of thioether (sulfide) groups is 1. The van der Waals surface area contributed by atoms with Crippen LogP contribution in [0.5, 0.6) is 11.5 Å². The van der Waals surface area contributed by atoms with Crippen molar-refractivity contribution in [2.75, 3.05) is 27.0 Å². The Morgan fingerprint density at radius 2 is 1.85 bits per heavy atom. The first-order chi connectivity index (χ1) is 16.0. The summed E-state index contributed by atoms with van der Waals surface area (Å²) in [5, 5.41) is 7.29. The van der Waals surface area contributed by atoms with Gasteiger partial charge in [0.2, 0.25) is 5.82 Å². The Balaban J connectivity index is 1.78. The Labute approximate surface area is 197 Å². The third kappa shape index (κ3) is 4.28. The van der Waals surface area contributed by atoms with Crippen LogP contribution in [-0.4, -0.2) is 48.1 Å². The third-order valence-corrected chi connectivity index (χ3v) is 6.40. The highest BCUT2D eigenvalue weighted by Gasteiger charge is 2.35. The van der Waals surface area contributed by atoms with Crippen molar-refractivity contribution < 1.29 is 18.8 Å². The fourth-order valence-electron chi connectivity index (χ4n) is 3.91. The van der Waals surface area contributed by atoms with Gasteiger partial charge in [-0.15, -0.1) is 11.8 Å². The van der Waals surface area contributed by atoms with Gasteiger partial charge in [-0.05, 0) is 56.0 Å². The number of urea groups is 1. The van der Waals surface area contributed by atoms with E-state index in [4.69, 9.17) is 14.0 Å². The molecule has 1 aliphatic rings. The number of nitrogens with zero attached hydrogens (tertiary/aromatic N) is 3. The number of rotatable bonds is 7. The fourth-order valence-corrected chi connectivity index (χ4v) is 4.32. The molecule has 0 fully saturated rings. The van der Waals surface area contributed by atoms with Gasteiger partial charge in [-0.25, -0.2) is 4.79 Å². The van der Waals surface area contributed by atoms with Crippen LogP contribution in [0, 0.1) is 0 Å². The highest BCUT2D eigenvalue weighted by molar-refractivity contribution is 7.98. The van der Waals surface area contributed by atoms with Crippen LogP contribution >= 0.6 is 11.8 Å². The molecule has 0 saturated carbocycles. The average Bonchev–Trinajstić information content (AvgIpc) is 3.33. The Bertz CT molecular complexity index is 1190. The number of aromatic nitrogens is 2. The van der Waals surface area contributed by atoms with E-state index in [1.165, 1.54) is 0 Å². The fraction of sp³-hybridized carbons (Fsp3) is 0.292. The molecule has 2 amide bonds. The molecule has 0 aliphatic carbocycles. The molecule has 2 heterocycles. The molecule has 1 aliphatic heterocycles. The van der Waals surface area contributed by atoms with E-state index in [-0.39, 0.29) is 6.03 Å². The lowest BCUT2D eigenvalue weighted by molar-refractivity contribution is 0.207. The zero-order valence-corrected chi connectivity index (χ0v) is 20.0. The highest BCUT2D eigenvalue weighted by Crippen LogP contribution is 2.38. The van der Waals surface area contributed by atoms with E-state index in [9.17, 15) is 4.79 Å². The van der Waals surface area contributed by atoms with E-state index in [1.807, 2.05) is 50.4 Å². The molecule has 0 saturated heterocycles. The van der Waals surface area contributed by atoms with Gasteiger partial charge in [0.1, 0.15) is 0 Å². The van der Waals surface area contributed by atoms with Crippen molar-refractivity contribution in [3.63, 3.8) is 0 Å². The van der Waals surface area contributed by atoms with Crippen LogP contribution in [0.3, 0.4) is 0 Å². The number of ether oxygens (including phenoxy) is 2. The molecule has 9 heteroatoms. The topological polar surface area (TPSA) is 89.7 Å². The molecule has 172 valence electrons. The standard InChI is InChI=1S/C24H26N4O4S/c1-6-28-14(2)20(21(25-24(28)29)15-7-10-17(33-5)11-8-15)23-26-22(27-32-23)16-9-12-18(30-3)19(13-16)31-4/h7-13,21H,6H2,1-5H3,(H,25,29). The molecule has 0 bridgehead atoms. The summed E-state index contributed by atoms with van der Waals surface area (Å²) in [7, 11) is 3.16. The highest BCUT2D eigenvalue weighted by atomic mass is 32.2. The molecule has 8 nitrogen and oxygen atoms in total. The summed E-state index contributed by atoms with van der Waals surface area (Å²) in [6, 6.07) is 13.0. The number of carbonyl (C=O) groups is 1. The van der Waals surface area contributed by atoms with Crippen molar-refractivity contribution in [1.29, 1.82) is 0 Å². The third-order valence-electron chi connectivity index (χ3n) is 5.66. The molecule has 4 rings (SSSR count). The van der Waals surface area contributed by atoms with E-state index >= 15 is 0 Å². The van der Waals surface area contributed by atoms with Gasteiger partial charge in [-0.2, -0.15) is 4.98 Å². The summed E-state index contributed by atoms with van der Waals surface area (Å²) in [6.45, 7) is 4.36. The molecule has 1 aromatic heterocycles. The molecule has 1 atom stereocenters. The van der Waals surface area contributed by atoms with Crippen molar-refractivity contribution in [2.45, 2.75) is 24.8 Å². The Morgan fingerprint density at radius 1 is 1.12 bits per heavy atom. The molecular formula is C24H26N4O4S. The van der Waals surface area contributed by atoms with Gasteiger partial charge in [-0.1, -0.05) is 17.3 Å². The summed E-state index contributed by atoms with van der Waals surface area (Å²) >= 11 is 1.67. The second-order valence-corrected chi connectivity index (χ2v) is 8.27. The number of hydrogen-bond donors (Lipinski definition) is 1. The van der Waals surface area contributed by atoms with Crippen molar-refractivity contribution in [1.82, 2.24) is 20.4 Å². The van der Waals surface area contributed by atoms with Crippen LogP contribution in [0.2, 0.25) is 0 Å². The van der Waals surface area contributed by atoms with Crippen LogP contribution in [0.1, 0.15) is 31.3 Å². The zero-order valence-electron chi connectivity index (χ0n) is 19.2. The van der Waals surface area contributed by atoms with Gasteiger partial charge in [0.25, 0.3) is 5.89 Å². The summed E-state index contributed by atoms with van der Waals surface area (Å²) in [6.07, 6.45) is 2.03. The minimum Gasteiger partial charge on any atom is -0.493 e. The average molecular weight is 467 g/mol. The molecule has 0 radical (unpaired) electrons. The quantitative estimate of drug-likeness (QED) is 0.491. The minimum atomic E-state index is -0.407. The van der Waals surface area contributed by atoms with E-state index in [0.29, 0.717) is 29.8 Å². The maximum absolute atomic E-state index is 12.8. The lowest BCUT2D eigenvalue weighted by Crippen LogP contribution is -2.45. The monoisotopic (exact) mass is 466 g/mol. The smallest absolute Gasteiger partial charge is 0.322 e. The number of carbonyl (C=O) groups excluding carboxylic acids is 1. The number of nitrogens with one attached hydrogen (secondary N) is 1. The lowest BCUT2D eigenvalue weighted by Gasteiger charge is -2.34. The normalized spacial score (nSPS) is 16.1. The number of benzene rings is 2. The van der Waals surface area contributed by atoms with E-state index in [2.05, 4.69) is 15.5 Å². The van der Waals surface area contributed by atoms with Crippen molar-refractivity contribution in [3.05, 3.63) is 59.6 Å². The Kier molecular flexibility index (Phi) is 6.60. The van der Waals surface area contributed by atoms with Gasteiger partial charge >= 0.3 is 6.03 Å². The molecule has 3 aromatic rings. The number of methoxy groups -OCH3 is 2. The minimum absolute atomic E-state index is 0.155. The van der Waals surface area contributed by atoms with Gasteiger partial charge in [-0.3, -0.25) is 4.90 Å². The first-order valence-electron chi connectivity index (χ1n) is 10.5. The summed E-state index contributed by atoms with van der Waals surface area (Å²) in [5.74, 6) is 1.97. The number of allylic oxidation sites excluding steroid dienone is 1. The molecule has 1 unspecified atom stereocenters. The Morgan fingerprint density at radius 3 is 2.48 bits per heavy atom. The maximum Gasteiger partial charge on any atom is 0.322 e. The summed E-state index contributed by atoms with van der Waals surface area (Å²) in [4.78, 5) is 20.3. The molecule has 0 spiro atoms. The Hall–Kier alpha value is -3.46. The summed E-state index contributed by atoms with van der Waals surface area (Å²) in [5.41, 5.74) is 3.22. The second kappa shape index (κ2) is 9.58. The first-order valence-corrected chi connectivity index (χ1v) is 11.7. The molecule has 1 N–H and O–H groups in total. The zero-order chi connectivity index (χ0) is 23.5. The van der Waals surface area contributed by atoms with E-state index < -0.39 is 6.04 Å². The van der Waals surface area contributed by atoms with Crippen LogP contribution in [0.15, 0.2) is 57.6 Å². The van der Waals surface area contributed by atoms with Crippen molar-refractivity contribution in [2.24, 2.45) is 0 Å². The van der Waals surface area contributed by atoms with Crippen LogP contribution < -0.4 is 14.8 Å². The van der Waals surface area contributed by atoms with Crippen molar-refractivity contribution in [3.8, 4) is 22.9 Å². The van der Waals surface area contributed by atoms with Crippen LogP contribution in [0.4, 0.5) is 4.79 Å². The molecular weight excluding hydrogens is 440 g/mol. The van der Waals surface area contributed by atoms with Gasteiger partial charge < -0.3 is 19.3 Å². The lowest BCUT2D eigenvalue weighted by atomic mass is 9.95. The number of hydrogen-bond acceptors (Lipinski definition) is 7. The van der Waals surface area contributed by atoms with Crippen molar-refractivity contribution >= 4 is 23.4 Å². The predicted octanol–water partition coefficient (Wildman–Crippen LogP) is 4.99. The van der Waals surface area contributed by atoms with E-state index in [0.717, 1.165) is 27.3 Å². The largest absolute Gasteiger partial charge is 0.493 e. The first kappa shape index (κ1) is 22.7. The summed E-state index contributed by atoms with van der Waals surface area (Å²) < 4.78 is 16.4. The van der Waals surface area contributed by atoms with Gasteiger partial charge in [0.15, 0.2) is 11.5 Å². The number of amides is 2. The van der Waals surface area contributed by atoms with Gasteiger partial charge in [0.05, 0.1) is 25.8 Å². The SMILES string of the molecule is CCN1C(=O)NC(c2ccc(SC)cc2)C(c2nc(-c3ccc(OC)c(OC)c3)no2)=C1C. The van der Waals surface area contributed by atoms with E-state index in [1.54, 1.807) is 43.0 Å². The molecule has 2 aromatic carbocycles. The molecule has 33 heavy (non-hydrogen) atoms. The predicted molar refractivity (Wildman–Crippen MR) is 127 cm³/mol. The van der Waals surface area contributed by atoms with Gasteiger partial charge in [0, 0.05) is 22.7 Å². The van der Waals surface area contributed by atoms with Crippen LogP contribution in [0.25, 0.3) is 17.0 Å². The second-order valence-electron chi connectivity index (χ2n) is 7.39.